The summed E-state index contributed by atoms with van der Waals surface area (Å²) in [5.74, 6) is 0.426. The molecule has 0 unspecified atom stereocenters. The molecule has 3 nitrogen and oxygen atoms in total. The van der Waals surface area contributed by atoms with Crippen molar-refractivity contribution in [3.05, 3.63) is 40.4 Å². The minimum atomic E-state index is -0.153. The molecule has 2 rings (SSSR count). The molecule has 0 radical (unpaired) electrons. The minimum absolute atomic E-state index is 0.00365. The number of halogens is 1. The standard InChI is InChI=1S/C16H18BrNO2/c1-10(2)14(9-19)18-8-12-7-11-5-3-4-6-13(11)15(17)16(12)20/h3-8,10,14,19-20H,9H2,1-2H3/t14-/m1/s1. The lowest BCUT2D eigenvalue weighted by Gasteiger charge is -2.13. The predicted octanol–water partition coefficient (Wildman–Crippen LogP) is 3.74. The van der Waals surface area contributed by atoms with Crippen molar-refractivity contribution in [1.29, 1.82) is 0 Å². The van der Waals surface area contributed by atoms with Crippen LogP contribution >= 0.6 is 15.9 Å². The number of hydrogen-bond acceptors (Lipinski definition) is 3. The number of rotatable bonds is 4. The fraction of sp³-hybridized carbons (Fsp3) is 0.312. The van der Waals surface area contributed by atoms with Gasteiger partial charge in [-0.1, -0.05) is 38.1 Å². The van der Waals surface area contributed by atoms with Gasteiger partial charge >= 0.3 is 0 Å². The molecule has 0 saturated carbocycles. The Kier molecular flexibility index (Phi) is 4.78. The number of phenolic OH excluding ortho intramolecular Hbond substituents is 1. The highest BCUT2D eigenvalue weighted by molar-refractivity contribution is 9.10. The number of aliphatic imine (C=N–C) groups is 1. The summed E-state index contributed by atoms with van der Waals surface area (Å²) in [5, 5.41) is 21.5. The molecular weight excluding hydrogens is 318 g/mol. The summed E-state index contributed by atoms with van der Waals surface area (Å²) in [7, 11) is 0. The molecule has 0 aliphatic carbocycles. The van der Waals surface area contributed by atoms with Gasteiger partial charge < -0.3 is 10.2 Å². The van der Waals surface area contributed by atoms with Gasteiger partial charge in [0, 0.05) is 11.8 Å². The number of fused-ring (bicyclic) bond motifs is 1. The van der Waals surface area contributed by atoms with Gasteiger partial charge in [-0.25, -0.2) is 0 Å². The second-order valence-electron chi connectivity index (χ2n) is 5.12. The number of benzene rings is 2. The average molecular weight is 336 g/mol. The number of aliphatic hydroxyl groups is 1. The van der Waals surface area contributed by atoms with E-state index in [9.17, 15) is 10.2 Å². The summed E-state index contributed by atoms with van der Waals surface area (Å²) in [6, 6.07) is 9.57. The summed E-state index contributed by atoms with van der Waals surface area (Å²) in [6.07, 6.45) is 1.63. The average Bonchev–Trinajstić information content (AvgIpc) is 2.44. The molecule has 1 atom stereocenters. The number of aromatic hydroxyl groups is 1. The van der Waals surface area contributed by atoms with Crippen molar-refractivity contribution in [3.8, 4) is 5.75 Å². The van der Waals surface area contributed by atoms with Crippen LogP contribution in [0.2, 0.25) is 0 Å². The first-order valence-corrected chi connectivity index (χ1v) is 7.38. The zero-order valence-electron chi connectivity index (χ0n) is 11.5. The third kappa shape index (κ3) is 3.02. The second kappa shape index (κ2) is 6.37. The SMILES string of the molecule is CC(C)[C@@H](CO)N=Cc1cc2ccccc2c(Br)c1O. The molecule has 0 aliphatic heterocycles. The van der Waals surface area contributed by atoms with Crippen LogP contribution in [0.4, 0.5) is 0 Å². The summed E-state index contributed by atoms with van der Waals surface area (Å²) in [5.41, 5.74) is 0.648. The van der Waals surface area contributed by atoms with E-state index in [-0.39, 0.29) is 24.3 Å². The van der Waals surface area contributed by atoms with E-state index in [1.165, 1.54) is 0 Å². The first-order chi connectivity index (χ1) is 9.54. The highest BCUT2D eigenvalue weighted by Gasteiger charge is 2.12. The van der Waals surface area contributed by atoms with Gasteiger partial charge in [-0.3, -0.25) is 4.99 Å². The van der Waals surface area contributed by atoms with E-state index in [1.807, 2.05) is 44.2 Å². The first kappa shape index (κ1) is 15.0. The van der Waals surface area contributed by atoms with Gasteiger partial charge in [0.2, 0.25) is 0 Å². The Bertz CT molecular complexity index is 638. The van der Waals surface area contributed by atoms with Gasteiger partial charge in [0.05, 0.1) is 17.1 Å². The topological polar surface area (TPSA) is 52.8 Å². The van der Waals surface area contributed by atoms with E-state index >= 15 is 0 Å². The number of nitrogens with zero attached hydrogens (tertiary/aromatic N) is 1. The molecule has 0 fully saturated rings. The van der Waals surface area contributed by atoms with Crippen molar-refractivity contribution in [2.45, 2.75) is 19.9 Å². The van der Waals surface area contributed by atoms with Crippen LogP contribution in [0.1, 0.15) is 19.4 Å². The molecule has 0 aromatic heterocycles. The van der Waals surface area contributed by atoms with Gasteiger partial charge in [-0.05, 0) is 38.7 Å². The zero-order valence-corrected chi connectivity index (χ0v) is 13.1. The molecule has 2 aromatic carbocycles. The molecule has 0 aliphatic rings. The maximum absolute atomic E-state index is 10.2. The van der Waals surface area contributed by atoms with Crippen LogP contribution in [0.3, 0.4) is 0 Å². The zero-order chi connectivity index (χ0) is 14.7. The van der Waals surface area contributed by atoms with Crippen LogP contribution in [-0.4, -0.2) is 29.1 Å². The number of phenols is 1. The predicted molar refractivity (Wildman–Crippen MR) is 86.6 cm³/mol. The lowest BCUT2D eigenvalue weighted by molar-refractivity contribution is 0.240. The van der Waals surface area contributed by atoms with Gasteiger partial charge in [-0.15, -0.1) is 0 Å². The molecule has 2 N–H and O–H groups in total. The smallest absolute Gasteiger partial charge is 0.139 e. The van der Waals surface area contributed by atoms with Gasteiger partial charge in [-0.2, -0.15) is 0 Å². The highest BCUT2D eigenvalue weighted by Crippen LogP contribution is 2.35. The molecule has 0 saturated heterocycles. The van der Waals surface area contributed by atoms with E-state index < -0.39 is 0 Å². The van der Waals surface area contributed by atoms with Crippen molar-refractivity contribution >= 4 is 32.9 Å². The molecule has 106 valence electrons. The molecular formula is C16H18BrNO2. The Balaban J connectivity index is 2.45. The first-order valence-electron chi connectivity index (χ1n) is 6.58. The van der Waals surface area contributed by atoms with E-state index in [2.05, 4.69) is 20.9 Å². The largest absolute Gasteiger partial charge is 0.506 e. The molecule has 0 spiro atoms. The van der Waals surface area contributed by atoms with E-state index in [1.54, 1.807) is 6.21 Å². The van der Waals surface area contributed by atoms with Crippen molar-refractivity contribution in [1.82, 2.24) is 0 Å². The van der Waals surface area contributed by atoms with Crippen LogP contribution in [0.15, 0.2) is 39.8 Å². The second-order valence-corrected chi connectivity index (χ2v) is 5.91. The van der Waals surface area contributed by atoms with Crippen LogP contribution in [0.25, 0.3) is 10.8 Å². The normalized spacial score (nSPS) is 13.4. The monoisotopic (exact) mass is 335 g/mol. The Morgan fingerprint density at radius 2 is 2.00 bits per heavy atom. The van der Waals surface area contributed by atoms with Crippen molar-refractivity contribution < 1.29 is 10.2 Å². The maximum atomic E-state index is 10.2. The maximum Gasteiger partial charge on any atom is 0.139 e. The summed E-state index contributed by atoms with van der Waals surface area (Å²) in [6.45, 7) is 4.02. The molecule has 4 heteroatoms. The molecule has 2 aromatic rings. The van der Waals surface area contributed by atoms with E-state index in [0.29, 0.717) is 10.0 Å². The minimum Gasteiger partial charge on any atom is -0.506 e. The van der Waals surface area contributed by atoms with Crippen LogP contribution < -0.4 is 0 Å². The summed E-state index contributed by atoms with van der Waals surface area (Å²) in [4.78, 5) is 4.36. The number of aliphatic hydroxyl groups excluding tert-OH is 1. The van der Waals surface area contributed by atoms with E-state index in [4.69, 9.17) is 0 Å². The van der Waals surface area contributed by atoms with Crippen LogP contribution in [0.5, 0.6) is 5.75 Å². The molecule has 20 heavy (non-hydrogen) atoms. The van der Waals surface area contributed by atoms with Gasteiger partial charge in [0.15, 0.2) is 0 Å². The fourth-order valence-corrected chi connectivity index (χ4v) is 2.61. The molecule has 0 amide bonds. The van der Waals surface area contributed by atoms with Gasteiger partial charge in [0.1, 0.15) is 5.75 Å². The van der Waals surface area contributed by atoms with Crippen LogP contribution in [0, 0.1) is 5.92 Å². The van der Waals surface area contributed by atoms with Crippen molar-refractivity contribution in [2.24, 2.45) is 10.9 Å². The van der Waals surface area contributed by atoms with Crippen LogP contribution in [-0.2, 0) is 0 Å². The third-order valence-electron chi connectivity index (χ3n) is 3.35. The van der Waals surface area contributed by atoms with E-state index in [0.717, 1.165) is 10.8 Å². The quantitative estimate of drug-likeness (QED) is 0.836. The Hall–Kier alpha value is -1.39. The van der Waals surface area contributed by atoms with Gasteiger partial charge in [0.25, 0.3) is 0 Å². The van der Waals surface area contributed by atoms with Crippen molar-refractivity contribution in [2.75, 3.05) is 6.61 Å². The fourth-order valence-electron chi connectivity index (χ4n) is 2.02. The lowest BCUT2D eigenvalue weighted by atomic mass is 10.0. The Morgan fingerprint density at radius 3 is 2.65 bits per heavy atom. The van der Waals surface area contributed by atoms with Crippen molar-refractivity contribution in [3.63, 3.8) is 0 Å². The third-order valence-corrected chi connectivity index (χ3v) is 4.15. The molecule has 0 bridgehead atoms. The Morgan fingerprint density at radius 1 is 1.30 bits per heavy atom. The highest BCUT2D eigenvalue weighted by atomic mass is 79.9. The summed E-state index contributed by atoms with van der Waals surface area (Å²) < 4.78 is 0.669. The summed E-state index contributed by atoms with van der Waals surface area (Å²) >= 11 is 3.42. The molecule has 0 heterocycles. The lowest BCUT2D eigenvalue weighted by Crippen LogP contribution is -2.17. The number of hydrogen-bond donors (Lipinski definition) is 2. The Labute approximate surface area is 127 Å².